The van der Waals surface area contributed by atoms with E-state index in [9.17, 15) is 10.2 Å². The van der Waals surface area contributed by atoms with E-state index < -0.39 is 31.8 Å². The molecule has 2 aliphatic rings. The van der Waals surface area contributed by atoms with Crippen molar-refractivity contribution >= 4 is 172 Å². The van der Waals surface area contributed by atoms with E-state index in [1.54, 1.807) is 14.2 Å². The van der Waals surface area contributed by atoms with Gasteiger partial charge in [-0.15, -0.1) is 9.24 Å². The van der Waals surface area contributed by atoms with E-state index in [0.717, 1.165) is 105 Å². The molecule has 0 saturated carbocycles. The molecule has 770 valence electrons. The van der Waals surface area contributed by atoms with E-state index in [4.69, 9.17) is 17.9 Å². The second-order valence-corrected chi connectivity index (χ2v) is 49.6. The highest BCUT2D eigenvalue weighted by Crippen LogP contribution is 2.59. The highest BCUT2D eigenvalue weighted by Gasteiger charge is 2.43. The number of aliphatic hydroxyl groups is 2. The molecule has 0 spiro atoms. The normalized spacial score (nSPS) is 15.2. The molecule has 2 fully saturated rings. The molecule has 3 heterocycles. The molecule has 6 nitrogen and oxygen atoms in total. The third-order valence-electron chi connectivity index (χ3n) is 22.7. The molecule has 0 bridgehead atoms. The lowest BCUT2D eigenvalue weighted by Crippen LogP contribution is -2.32. The van der Waals surface area contributed by atoms with Crippen molar-refractivity contribution in [2.24, 2.45) is 6.66 Å². The summed E-state index contributed by atoms with van der Waals surface area (Å²) in [4.78, 5) is 0. The Labute approximate surface area is 871 Å². The number of aliphatic hydroxyl groups excluding tert-OH is 2. The number of methoxy groups -OCH3 is 2. The zero-order valence-corrected chi connectivity index (χ0v) is 84.4. The van der Waals surface area contributed by atoms with Crippen LogP contribution in [-0.2, 0) is 16.1 Å². The number of benzene rings is 14. The molecule has 1 aromatic heterocycles. The minimum absolute atomic E-state index is 0. The molecule has 15 atom stereocenters. The van der Waals surface area contributed by atoms with Gasteiger partial charge in [-0.2, -0.15) is 0 Å². The lowest BCUT2D eigenvalue weighted by molar-refractivity contribution is 0.167. The number of aryl methyl sites for hydroxylation is 9. The molecular formula is C125H189O6P9. The highest BCUT2D eigenvalue weighted by molar-refractivity contribution is 7.79. The SMILES string of the molecule is C.C.C.C.C.C.C.C.C.C.C.C.C.C.C.COC1CCC(CO)P1c1ccccc1P1C(CO)CCC1OC.Cc1ccc(C)cc1.Cc1ccc(P)cc1.Cc1ccc(PC(C)C(C)Pc2ccc(C)cc2)cc1.Cc1ccc(PC(C)CC(C)Pc2ccc(C)cc2)cc1.Cc1cccc(P(c2ccccc2)c2ccccc2)c1.Cp1oc2ccc3ccccc3c2c2c(ccc3ccccc32)o1. The predicted octanol–water partition coefficient (Wildman–Crippen LogP) is 35.5. The maximum atomic E-state index is 9.86. The van der Waals surface area contributed by atoms with Crippen LogP contribution < -0.4 is 53.0 Å². The van der Waals surface area contributed by atoms with E-state index in [0.29, 0.717) is 11.3 Å². The van der Waals surface area contributed by atoms with Gasteiger partial charge >= 0.3 is 0 Å². The molecule has 15 aromatic rings. The Bertz CT molecular complexity index is 5390. The molecule has 2 N–H and O–H groups in total. The summed E-state index contributed by atoms with van der Waals surface area (Å²) >= 11 is 0. The second kappa shape index (κ2) is 72.9. The van der Waals surface area contributed by atoms with Crippen LogP contribution in [-0.4, -0.2) is 83.3 Å². The Kier molecular flexibility index (Phi) is 73.6. The van der Waals surface area contributed by atoms with Crippen LogP contribution in [0.15, 0.2) is 336 Å². The Morgan fingerprint density at radius 2 is 0.614 bits per heavy atom. The Hall–Kier alpha value is -7.22. The summed E-state index contributed by atoms with van der Waals surface area (Å²) in [5.41, 5.74) is 16.2. The lowest BCUT2D eigenvalue weighted by atomic mass is 9.99. The fraction of sp³-hybridized carbons (Fsp3) is 0.360. The zero-order chi connectivity index (χ0) is 88.7. The highest BCUT2D eigenvalue weighted by atomic mass is 31.1. The molecule has 0 amide bonds. The van der Waals surface area contributed by atoms with Crippen LogP contribution >= 0.6 is 75.3 Å². The maximum Gasteiger partial charge on any atom is 0.213 e. The van der Waals surface area contributed by atoms with Gasteiger partial charge in [0.25, 0.3) is 0 Å². The van der Waals surface area contributed by atoms with E-state index >= 15 is 0 Å². The average molecular weight is 2070 g/mol. The van der Waals surface area contributed by atoms with Gasteiger partial charge in [0.2, 0.25) is 8.01 Å². The molecule has 2 saturated heterocycles. The van der Waals surface area contributed by atoms with E-state index in [2.05, 4.69) is 420 Å². The van der Waals surface area contributed by atoms with E-state index in [-0.39, 0.29) is 136 Å². The molecule has 0 radical (unpaired) electrons. The summed E-state index contributed by atoms with van der Waals surface area (Å²) in [6, 6.07) is 117. The van der Waals surface area contributed by atoms with Crippen LogP contribution in [0.4, 0.5) is 0 Å². The summed E-state index contributed by atoms with van der Waals surface area (Å²) in [5.74, 6) is 0.453. The van der Waals surface area contributed by atoms with E-state index in [1.807, 2.05) is 6.66 Å². The first-order chi connectivity index (χ1) is 60.5. The predicted molar refractivity (Wildman–Crippen MR) is 670 cm³/mol. The third kappa shape index (κ3) is 42.5. The van der Waals surface area contributed by atoms with Gasteiger partial charge < -0.3 is 28.1 Å². The van der Waals surface area contributed by atoms with Crippen LogP contribution in [0.5, 0.6) is 0 Å². The standard InChI is InChI=1S/C21H15O2P.C19H26P2.C19H17P.C18H28O4P2.C18H24P2.C8H10.C7H9P.15CH4/c1-24-22-18-12-10-14-6-2-4-8-16(14)20(18)21-17-9-5-3-7-15(17)11-13-19(21)23-24;1-14-5-9-18(10-6-14)20-16(3)13-17(4)21-19-11-7-15(2)8-12-19;1-16-9-8-14-19(15-16)20(17-10-4-2-5-11-17)18-12-6-3-7-13-18;1-21-17-9-7-13(11-19)23(17)15-5-3-4-6-16(15)24-14(12-20)8-10-18(24)22-2;1-13-5-9-17(10-6-13)19-15(3)16(4)20-18-11-7-14(2)8-12-18;1-7-3-5-8(2)6-4-7;1-6-2-4-7(8)5-3-6;;;;;;;;;;;;;;;/h2-13H,1H3;5-12,16-17,20-21H,13H2,1-4H3;2-15H,1H3;3-6,13-14,17-20H,7-12H2,1-2H3;5-12,15-16,19-20H,1-4H3;3-6H,1-2H3;2-5H,8H2,1H3;15*1H4. The molecular weight excluding hydrogens is 1880 g/mol. The summed E-state index contributed by atoms with van der Waals surface area (Å²) in [7, 11) is 7.36. The fourth-order valence-electron chi connectivity index (χ4n) is 15.8. The Balaban J connectivity index is -0.000000508. The Morgan fingerprint density at radius 3 is 0.921 bits per heavy atom. The average Bonchev–Trinajstić information content (AvgIpc) is 1.44. The number of rotatable bonds is 20. The van der Waals surface area contributed by atoms with Crippen molar-refractivity contribution < 1.29 is 28.1 Å². The largest absolute Gasteiger partial charge is 0.419 e. The van der Waals surface area contributed by atoms with Crippen LogP contribution in [0.1, 0.15) is 216 Å². The van der Waals surface area contributed by atoms with Crippen LogP contribution in [0.2, 0.25) is 0 Å². The van der Waals surface area contributed by atoms with Crippen molar-refractivity contribution in [2.45, 2.75) is 272 Å². The second-order valence-electron chi connectivity index (χ2n) is 33.0. The zero-order valence-electron chi connectivity index (χ0n) is 75.6. The maximum absolute atomic E-state index is 9.86. The minimum atomic E-state index is -1.00. The molecule has 15 heteroatoms. The monoisotopic (exact) mass is 2070 g/mol. The van der Waals surface area contributed by atoms with E-state index in [1.165, 1.54) is 126 Å². The van der Waals surface area contributed by atoms with Gasteiger partial charge in [-0.3, -0.25) is 0 Å². The quantitative estimate of drug-likeness (QED) is 0.0740. The molecule has 140 heavy (non-hydrogen) atoms. The summed E-state index contributed by atoms with van der Waals surface area (Å²) in [6.07, 6.45) is 5.43. The lowest BCUT2D eigenvalue weighted by Gasteiger charge is -2.31. The van der Waals surface area contributed by atoms with Crippen molar-refractivity contribution in [1.82, 2.24) is 0 Å². The Morgan fingerprint density at radius 1 is 0.329 bits per heavy atom. The molecule has 14 aromatic carbocycles. The van der Waals surface area contributed by atoms with Crippen molar-refractivity contribution in [3.05, 3.63) is 372 Å². The fourth-order valence-corrected chi connectivity index (χ4v) is 31.8. The summed E-state index contributed by atoms with van der Waals surface area (Å²) < 4.78 is 23.8. The van der Waals surface area contributed by atoms with Crippen molar-refractivity contribution in [3.8, 4) is 0 Å². The van der Waals surface area contributed by atoms with Crippen molar-refractivity contribution in [2.75, 3.05) is 27.4 Å². The summed E-state index contributed by atoms with van der Waals surface area (Å²) in [5, 5.41) is 41.0. The number of hydrogen-bond acceptors (Lipinski definition) is 6. The first-order valence-corrected chi connectivity index (χ1v) is 54.6. The number of fused-ring (bicyclic) bond motifs is 7. The number of ether oxygens (including phenoxy) is 2. The molecule has 15 unspecified atom stereocenters. The topological polar surface area (TPSA) is 85.2 Å². The molecule has 17 rings (SSSR count). The van der Waals surface area contributed by atoms with Crippen LogP contribution in [0, 0.1) is 55.4 Å². The van der Waals surface area contributed by atoms with Crippen LogP contribution in [0.3, 0.4) is 0 Å². The third-order valence-corrected chi connectivity index (χ3v) is 39.4. The van der Waals surface area contributed by atoms with Gasteiger partial charge in [-0.25, -0.2) is 0 Å². The van der Waals surface area contributed by atoms with Gasteiger partial charge in [-0.1, -0.05) is 533 Å². The molecule has 2 aliphatic heterocycles. The van der Waals surface area contributed by atoms with Gasteiger partial charge in [0.05, 0.1) is 24.9 Å². The minimum Gasteiger partial charge on any atom is -0.419 e. The van der Waals surface area contributed by atoms with Gasteiger partial charge in [0.1, 0.15) is 11.2 Å². The number of hydrogen-bond donors (Lipinski definition) is 2. The van der Waals surface area contributed by atoms with Gasteiger partial charge in [-0.05, 0) is 221 Å². The molecule has 0 aliphatic carbocycles. The first kappa shape index (κ1) is 141. The van der Waals surface area contributed by atoms with Gasteiger partial charge in [0, 0.05) is 43.0 Å². The summed E-state index contributed by atoms with van der Waals surface area (Å²) in [6.45, 7) is 29.1. The van der Waals surface area contributed by atoms with Gasteiger partial charge in [0.15, 0.2) is 0 Å². The van der Waals surface area contributed by atoms with Crippen molar-refractivity contribution in [1.29, 1.82) is 0 Å². The van der Waals surface area contributed by atoms with Crippen LogP contribution in [0.25, 0.3) is 43.5 Å². The van der Waals surface area contributed by atoms with Crippen molar-refractivity contribution in [3.63, 3.8) is 0 Å². The smallest absolute Gasteiger partial charge is 0.213 e. The first-order valence-electron chi connectivity index (χ1n) is 43.8.